The summed E-state index contributed by atoms with van der Waals surface area (Å²) in [7, 11) is 1.78. The lowest BCUT2D eigenvalue weighted by molar-refractivity contribution is -0.135. The molecule has 7 heteroatoms. The van der Waals surface area contributed by atoms with E-state index in [1.165, 1.54) is 12.5 Å². The van der Waals surface area contributed by atoms with E-state index in [-0.39, 0.29) is 23.6 Å². The Hall–Kier alpha value is -2.31. The fourth-order valence-electron chi connectivity index (χ4n) is 3.87. The van der Waals surface area contributed by atoms with Crippen LogP contribution in [-0.4, -0.2) is 72.2 Å². The fraction of sp³-hybridized carbons (Fsp3) is 0.611. The van der Waals surface area contributed by atoms with E-state index in [2.05, 4.69) is 0 Å². The van der Waals surface area contributed by atoms with Crippen molar-refractivity contribution in [3.8, 4) is 0 Å². The van der Waals surface area contributed by atoms with Crippen molar-refractivity contribution in [2.24, 2.45) is 11.3 Å². The van der Waals surface area contributed by atoms with Crippen LogP contribution in [0, 0.1) is 11.3 Å². The van der Waals surface area contributed by atoms with Crippen LogP contribution < -0.4 is 0 Å². The maximum absolute atomic E-state index is 12.8. The first-order chi connectivity index (χ1) is 11.8. The first kappa shape index (κ1) is 17.5. The van der Waals surface area contributed by atoms with E-state index < -0.39 is 5.41 Å². The topological polar surface area (TPSA) is 74.1 Å². The molecule has 3 heterocycles. The van der Waals surface area contributed by atoms with E-state index >= 15 is 0 Å². The largest absolute Gasteiger partial charge is 0.472 e. The standard InChI is InChI=1S/C18H25N3O4/c1-13(2)16(23)20-5-6-21(17(24)14-4-7-25-9-14)12-18(11-20)8-15(22)19(3)10-18/h4,7,9,13H,5-6,8,10-12H2,1-3H3/t18-/m0/s1. The number of hydrogen-bond donors (Lipinski definition) is 0. The molecule has 7 nitrogen and oxygen atoms in total. The van der Waals surface area contributed by atoms with Gasteiger partial charge in [-0.3, -0.25) is 14.4 Å². The van der Waals surface area contributed by atoms with Crippen molar-refractivity contribution in [1.82, 2.24) is 14.7 Å². The minimum absolute atomic E-state index is 0.0644. The summed E-state index contributed by atoms with van der Waals surface area (Å²) in [5.41, 5.74) is 0.0863. The van der Waals surface area contributed by atoms with Crippen LogP contribution in [0.5, 0.6) is 0 Å². The Bertz CT molecular complexity index is 670. The number of rotatable bonds is 2. The van der Waals surface area contributed by atoms with Crippen LogP contribution in [0.1, 0.15) is 30.6 Å². The van der Waals surface area contributed by atoms with Gasteiger partial charge in [0.05, 0.1) is 11.8 Å². The highest BCUT2D eigenvalue weighted by Crippen LogP contribution is 2.35. The predicted octanol–water partition coefficient (Wildman–Crippen LogP) is 1.07. The first-order valence-corrected chi connectivity index (χ1v) is 8.65. The van der Waals surface area contributed by atoms with Gasteiger partial charge in [-0.2, -0.15) is 0 Å². The number of carbonyl (C=O) groups excluding carboxylic acids is 3. The summed E-state index contributed by atoms with van der Waals surface area (Å²) >= 11 is 0. The van der Waals surface area contributed by atoms with E-state index in [9.17, 15) is 14.4 Å². The average molecular weight is 347 g/mol. The lowest BCUT2D eigenvalue weighted by Crippen LogP contribution is -2.45. The highest BCUT2D eigenvalue weighted by Gasteiger charge is 2.47. The number of furan rings is 1. The molecule has 136 valence electrons. The van der Waals surface area contributed by atoms with Crippen molar-refractivity contribution in [1.29, 1.82) is 0 Å². The summed E-state index contributed by atoms with van der Waals surface area (Å²) in [6.07, 6.45) is 3.27. The molecule has 1 spiro atoms. The molecule has 1 aromatic heterocycles. The van der Waals surface area contributed by atoms with Crippen molar-refractivity contribution in [2.45, 2.75) is 20.3 Å². The molecule has 0 saturated carbocycles. The van der Waals surface area contributed by atoms with Crippen LogP contribution in [0.25, 0.3) is 0 Å². The molecule has 3 amide bonds. The van der Waals surface area contributed by atoms with Crippen molar-refractivity contribution >= 4 is 17.7 Å². The van der Waals surface area contributed by atoms with Gasteiger partial charge >= 0.3 is 0 Å². The Balaban J connectivity index is 1.88. The molecule has 1 atom stereocenters. The van der Waals surface area contributed by atoms with E-state index in [4.69, 9.17) is 4.42 Å². The molecule has 2 fully saturated rings. The fourth-order valence-corrected chi connectivity index (χ4v) is 3.87. The normalized spacial score (nSPS) is 24.3. The molecule has 0 unspecified atom stereocenters. The summed E-state index contributed by atoms with van der Waals surface area (Å²) in [5.74, 6) is -0.0921. The molecule has 1 aromatic rings. The van der Waals surface area contributed by atoms with Crippen molar-refractivity contribution in [3.05, 3.63) is 24.2 Å². The van der Waals surface area contributed by atoms with Crippen molar-refractivity contribution < 1.29 is 18.8 Å². The van der Waals surface area contributed by atoms with Gasteiger partial charge in [0.1, 0.15) is 6.26 Å². The Labute approximate surface area is 147 Å². The monoisotopic (exact) mass is 347 g/mol. The number of nitrogens with zero attached hydrogens (tertiary/aromatic N) is 3. The van der Waals surface area contributed by atoms with E-state index in [0.717, 1.165) is 0 Å². The number of likely N-dealkylation sites (tertiary alicyclic amines) is 1. The summed E-state index contributed by atoms with van der Waals surface area (Å²) in [5, 5.41) is 0. The van der Waals surface area contributed by atoms with Crippen LogP contribution in [0.3, 0.4) is 0 Å². The highest BCUT2D eigenvalue weighted by molar-refractivity contribution is 5.94. The zero-order valence-electron chi connectivity index (χ0n) is 15.0. The Morgan fingerprint density at radius 2 is 1.84 bits per heavy atom. The molecule has 2 aliphatic heterocycles. The molecule has 2 aliphatic rings. The van der Waals surface area contributed by atoms with Gasteiger partial charge in [0.2, 0.25) is 11.8 Å². The second-order valence-electron chi connectivity index (χ2n) is 7.58. The van der Waals surface area contributed by atoms with Gasteiger partial charge in [0.25, 0.3) is 5.91 Å². The van der Waals surface area contributed by atoms with Crippen molar-refractivity contribution in [2.75, 3.05) is 39.8 Å². The van der Waals surface area contributed by atoms with Gasteiger partial charge in [-0.15, -0.1) is 0 Å². The van der Waals surface area contributed by atoms with Gasteiger partial charge in [-0.25, -0.2) is 0 Å². The second-order valence-corrected chi connectivity index (χ2v) is 7.58. The maximum Gasteiger partial charge on any atom is 0.257 e. The van der Waals surface area contributed by atoms with Gasteiger partial charge in [0.15, 0.2) is 0 Å². The molecule has 3 rings (SSSR count). The zero-order valence-corrected chi connectivity index (χ0v) is 15.0. The molecule has 0 N–H and O–H groups in total. The van der Waals surface area contributed by atoms with E-state index in [1.54, 1.807) is 22.9 Å². The van der Waals surface area contributed by atoms with Crippen molar-refractivity contribution in [3.63, 3.8) is 0 Å². The molecule has 25 heavy (non-hydrogen) atoms. The van der Waals surface area contributed by atoms with Crippen LogP contribution in [0.4, 0.5) is 0 Å². The van der Waals surface area contributed by atoms with Crippen LogP contribution in [0.2, 0.25) is 0 Å². The number of carbonyl (C=O) groups is 3. The van der Waals surface area contributed by atoms with Crippen LogP contribution >= 0.6 is 0 Å². The summed E-state index contributed by atoms with van der Waals surface area (Å²) in [6, 6.07) is 1.64. The molecule has 0 aliphatic carbocycles. The summed E-state index contributed by atoms with van der Waals surface area (Å²) < 4.78 is 5.03. The van der Waals surface area contributed by atoms with E-state index in [0.29, 0.717) is 44.7 Å². The zero-order chi connectivity index (χ0) is 18.2. The third-order valence-electron chi connectivity index (χ3n) is 5.08. The summed E-state index contributed by atoms with van der Waals surface area (Å²) in [4.78, 5) is 42.8. The predicted molar refractivity (Wildman–Crippen MR) is 90.7 cm³/mol. The quantitative estimate of drug-likeness (QED) is 0.802. The van der Waals surface area contributed by atoms with Crippen LogP contribution in [0.15, 0.2) is 23.0 Å². The van der Waals surface area contributed by atoms with Gasteiger partial charge in [0, 0.05) is 57.5 Å². The minimum Gasteiger partial charge on any atom is -0.472 e. The summed E-state index contributed by atoms with van der Waals surface area (Å²) in [6.45, 7) is 6.23. The molecular formula is C18H25N3O4. The third kappa shape index (κ3) is 3.41. The van der Waals surface area contributed by atoms with Gasteiger partial charge < -0.3 is 19.1 Å². The smallest absolute Gasteiger partial charge is 0.257 e. The Kier molecular flexibility index (Phi) is 4.58. The molecule has 2 saturated heterocycles. The third-order valence-corrected chi connectivity index (χ3v) is 5.08. The van der Waals surface area contributed by atoms with E-state index in [1.807, 2.05) is 18.7 Å². The molecule has 0 radical (unpaired) electrons. The first-order valence-electron chi connectivity index (χ1n) is 8.65. The van der Waals surface area contributed by atoms with Gasteiger partial charge in [-0.05, 0) is 6.07 Å². The number of amides is 3. The minimum atomic E-state index is -0.410. The maximum atomic E-state index is 12.8. The van der Waals surface area contributed by atoms with Crippen LogP contribution in [-0.2, 0) is 9.59 Å². The average Bonchev–Trinajstić information content (AvgIpc) is 3.13. The Morgan fingerprint density at radius 1 is 1.16 bits per heavy atom. The molecule has 0 bridgehead atoms. The SMILES string of the molecule is CC(C)C(=O)N1CCN(C(=O)c2ccoc2)C[C@]2(CC(=O)N(C)C2)C1. The molecule has 0 aromatic carbocycles. The second kappa shape index (κ2) is 6.54. The lowest BCUT2D eigenvalue weighted by atomic mass is 9.85. The Morgan fingerprint density at radius 3 is 2.40 bits per heavy atom. The number of hydrogen-bond acceptors (Lipinski definition) is 4. The molecular weight excluding hydrogens is 322 g/mol. The lowest BCUT2D eigenvalue weighted by Gasteiger charge is -2.33. The highest BCUT2D eigenvalue weighted by atomic mass is 16.3. The van der Waals surface area contributed by atoms with Gasteiger partial charge in [-0.1, -0.05) is 13.8 Å².